The molecule has 2 saturated heterocycles. The summed E-state index contributed by atoms with van der Waals surface area (Å²) in [5, 5.41) is 3.77. The van der Waals surface area contributed by atoms with E-state index in [1.165, 1.54) is 12.8 Å². The van der Waals surface area contributed by atoms with Gasteiger partial charge in [0.25, 0.3) is 0 Å². The normalized spacial score (nSPS) is 32.4. The third-order valence-electron chi connectivity index (χ3n) is 5.40. The maximum Gasteiger partial charge on any atom is 0.387 e. The zero-order valence-corrected chi connectivity index (χ0v) is 14.9. The van der Waals surface area contributed by atoms with Gasteiger partial charge >= 0.3 is 6.61 Å². The summed E-state index contributed by atoms with van der Waals surface area (Å²) in [5.74, 6) is 1.73. The second-order valence-electron chi connectivity index (χ2n) is 7.20. The molecule has 4 nitrogen and oxygen atoms in total. The number of alkyl halides is 2. The van der Waals surface area contributed by atoms with Crippen LogP contribution in [0.25, 0.3) is 0 Å². The molecule has 0 radical (unpaired) electrons. The van der Waals surface area contributed by atoms with Crippen molar-refractivity contribution in [1.82, 2.24) is 9.62 Å². The van der Waals surface area contributed by atoms with Crippen LogP contribution < -0.4 is 10.1 Å². The summed E-state index contributed by atoms with van der Waals surface area (Å²) >= 11 is 1.72. The average Bonchev–Trinajstić information content (AvgIpc) is 3.26. The van der Waals surface area contributed by atoms with Crippen molar-refractivity contribution in [3.05, 3.63) is 24.3 Å². The molecule has 4 rings (SSSR count). The van der Waals surface area contributed by atoms with Crippen LogP contribution in [0.15, 0.2) is 29.2 Å². The Morgan fingerprint density at radius 1 is 1.12 bits per heavy atom. The van der Waals surface area contributed by atoms with Crippen molar-refractivity contribution < 1.29 is 18.3 Å². The van der Waals surface area contributed by atoms with Gasteiger partial charge in [-0.1, -0.05) is 0 Å². The molecule has 25 heavy (non-hydrogen) atoms. The Kier molecular flexibility index (Phi) is 5.45. The van der Waals surface area contributed by atoms with Gasteiger partial charge in [-0.25, -0.2) is 4.31 Å². The van der Waals surface area contributed by atoms with E-state index in [0.717, 1.165) is 49.5 Å². The topological polar surface area (TPSA) is 33.7 Å². The highest BCUT2D eigenvalue weighted by molar-refractivity contribution is 7.97. The first-order valence-corrected chi connectivity index (χ1v) is 9.74. The number of hydrogen-bond donors (Lipinski definition) is 1. The SMILES string of the molecule is FC(F)Oc1ccc(SN2CC3CC(NC4CCOC4)CC3C2)cc1. The molecule has 2 heterocycles. The van der Waals surface area contributed by atoms with Crippen molar-refractivity contribution >= 4 is 11.9 Å². The van der Waals surface area contributed by atoms with E-state index in [4.69, 9.17) is 4.74 Å². The highest BCUT2D eigenvalue weighted by atomic mass is 32.2. The summed E-state index contributed by atoms with van der Waals surface area (Å²) in [7, 11) is 0. The summed E-state index contributed by atoms with van der Waals surface area (Å²) in [6.45, 7) is 1.18. The summed E-state index contributed by atoms with van der Waals surface area (Å²) < 4.78 is 36.6. The van der Waals surface area contributed by atoms with Crippen LogP contribution in [-0.2, 0) is 4.74 Å². The molecule has 0 spiro atoms. The molecule has 1 aromatic rings. The van der Waals surface area contributed by atoms with E-state index in [-0.39, 0.29) is 5.75 Å². The Balaban J connectivity index is 1.24. The summed E-state index contributed by atoms with van der Waals surface area (Å²) in [4.78, 5) is 1.07. The molecule has 3 unspecified atom stereocenters. The fraction of sp³-hybridized carbons (Fsp3) is 0.667. The zero-order valence-electron chi connectivity index (χ0n) is 14.1. The average molecular weight is 370 g/mol. The van der Waals surface area contributed by atoms with Crippen LogP contribution in [0.3, 0.4) is 0 Å². The smallest absolute Gasteiger partial charge is 0.387 e. The molecule has 1 aliphatic carbocycles. The number of benzene rings is 1. The standard InChI is InChI=1S/C18H24F2N2O2S/c19-18(20)24-16-1-3-17(4-2-16)25-22-9-12-7-15(8-13(12)10-22)21-14-5-6-23-11-14/h1-4,12-15,18,21H,5-11H2. The van der Waals surface area contributed by atoms with E-state index >= 15 is 0 Å². The number of fused-ring (bicyclic) bond motifs is 1. The third-order valence-corrected chi connectivity index (χ3v) is 6.44. The maximum absolute atomic E-state index is 12.2. The molecule has 1 N–H and O–H groups in total. The monoisotopic (exact) mass is 370 g/mol. The van der Waals surface area contributed by atoms with Crippen molar-refractivity contribution in [1.29, 1.82) is 0 Å². The van der Waals surface area contributed by atoms with Crippen molar-refractivity contribution in [2.75, 3.05) is 26.3 Å². The van der Waals surface area contributed by atoms with Gasteiger partial charge in [-0.3, -0.25) is 0 Å². The van der Waals surface area contributed by atoms with E-state index in [9.17, 15) is 8.78 Å². The van der Waals surface area contributed by atoms with Crippen LogP contribution in [0.5, 0.6) is 5.75 Å². The second kappa shape index (κ2) is 7.78. The molecule has 3 fully saturated rings. The number of rotatable bonds is 6. The van der Waals surface area contributed by atoms with Crippen molar-refractivity contribution in [2.24, 2.45) is 11.8 Å². The predicted octanol–water partition coefficient (Wildman–Crippen LogP) is 3.38. The first-order valence-electron chi connectivity index (χ1n) is 8.97. The van der Waals surface area contributed by atoms with Gasteiger partial charge in [-0.15, -0.1) is 0 Å². The van der Waals surface area contributed by atoms with Crippen LogP contribution in [-0.4, -0.2) is 49.3 Å². The van der Waals surface area contributed by atoms with E-state index in [1.807, 2.05) is 12.1 Å². The molecule has 0 bridgehead atoms. The Hall–Kier alpha value is -0.890. The lowest BCUT2D eigenvalue weighted by Gasteiger charge is -2.21. The molecule has 0 amide bonds. The number of halogens is 2. The van der Waals surface area contributed by atoms with E-state index in [2.05, 4.69) is 14.4 Å². The van der Waals surface area contributed by atoms with Crippen LogP contribution >= 0.6 is 11.9 Å². The molecule has 1 aromatic carbocycles. The largest absolute Gasteiger partial charge is 0.435 e. The highest BCUT2D eigenvalue weighted by Gasteiger charge is 2.41. The van der Waals surface area contributed by atoms with Crippen molar-refractivity contribution in [3.8, 4) is 5.75 Å². The van der Waals surface area contributed by atoms with E-state index in [1.54, 1.807) is 24.1 Å². The Morgan fingerprint density at radius 3 is 2.44 bits per heavy atom. The quantitative estimate of drug-likeness (QED) is 0.777. The Morgan fingerprint density at radius 2 is 1.84 bits per heavy atom. The third kappa shape index (κ3) is 4.45. The van der Waals surface area contributed by atoms with Gasteiger partial charge in [0.2, 0.25) is 0 Å². The van der Waals surface area contributed by atoms with Gasteiger partial charge in [-0.05, 0) is 67.3 Å². The molecule has 138 valence electrons. The number of nitrogens with one attached hydrogen (secondary N) is 1. The number of nitrogens with zero attached hydrogens (tertiary/aromatic N) is 1. The highest BCUT2D eigenvalue weighted by Crippen LogP contribution is 2.42. The van der Waals surface area contributed by atoms with Gasteiger partial charge in [0.1, 0.15) is 5.75 Å². The molecule has 7 heteroatoms. The fourth-order valence-electron chi connectivity index (χ4n) is 4.30. The minimum Gasteiger partial charge on any atom is -0.435 e. The lowest BCUT2D eigenvalue weighted by atomic mass is 10.0. The summed E-state index contributed by atoms with van der Waals surface area (Å²) in [6, 6.07) is 8.09. The summed E-state index contributed by atoms with van der Waals surface area (Å²) in [6.07, 6.45) is 3.64. The minimum absolute atomic E-state index is 0.211. The maximum atomic E-state index is 12.2. The lowest BCUT2D eigenvalue weighted by Crippen LogP contribution is -2.38. The van der Waals surface area contributed by atoms with Crippen molar-refractivity contribution in [2.45, 2.75) is 42.9 Å². The van der Waals surface area contributed by atoms with Gasteiger partial charge in [-0.2, -0.15) is 8.78 Å². The fourth-order valence-corrected chi connectivity index (χ4v) is 5.39. The number of hydrogen-bond acceptors (Lipinski definition) is 5. The van der Waals surface area contributed by atoms with Gasteiger partial charge in [0.15, 0.2) is 0 Å². The van der Waals surface area contributed by atoms with Gasteiger partial charge < -0.3 is 14.8 Å². The van der Waals surface area contributed by atoms with Crippen LogP contribution in [0.2, 0.25) is 0 Å². The van der Waals surface area contributed by atoms with Crippen LogP contribution in [0.1, 0.15) is 19.3 Å². The number of ether oxygens (including phenoxy) is 2. The summed E-state index contributed by atoms with van der Waals surface area (Å²) in [5.41, 5.74) is 0. The van der Waals surface area contributed by atoms with E-state index < -0.39 is 6.61 Å². The molecule has 3 atom stereocenters. The van der Waals surface area contributed by atoms with E-state index in [0.29, 0.717) is 12.1 Å². The van der Waals surface area contributed by atoms with Gasteiger partial charge in [0.05, 0.1) is 6.61 Å². The molecule has 0 aromatic heterocycles. The molecule has 1 saturated carbocycles. The second-order valence-corrected chi connectivity index (χ2v) is 8.37. The Labute approximate surface area is 151 Å². The lowest BCUT2D eigenvalue weighted by molar-refractivity contribution is -0.0498. The minimum atomic E-state index is -2.77. The first kappa shape index (κ1) is 17.5. The van der Waals surface area contributed by atoms with Crippen molar-refractivity contribution in [3.63, 3.8) is 0 Å². The van der Waals surface area contributed by atoms with Crippen LogP contribution in [0.4, 0.5) is 8.78 Å². The van der Waals surface area contributed by atoms with Gasteiger partial charge in [0, 0.05) is 36.7 Å². The Bertz CT molecular complexity index is 555. The predicted molar refractivity (Wildman–Crippen MR) is 92.9 cm³/mol. The molecular formula is C18H24F2N2O2S. The zero-order chi connectivity index (χ0) is 17.2. The molecule has 3 aliphatic rings. The molecule has 2 aliphatic heterocycles. The first-order chi connectivity index (χ1) is 12.2. The molecular weight excluding hydrogens is 346 g/mol. The van der Waals surface area contributed by atoms with Crippen LogP contribution in [0, 0.1) is 11.8 Å².